The van der Waals surface area contributed by atoms with Crippen LogP contribution >= 0.6 is 0 Å². The Kier molecular flexibility index (Phi) is 2.61. The molecule has 0 saturated heterocycles. The molecule has 2 aromatic carbocycles. The Morgan fingerprint density at radius 3 is 1.82 bits per heavy atom. The second-order valence-electron chi connectivity index (χ2n) is 4.79. The first-order valence-corrected chi connectivity index (χ1v) is 6.16. The summed E-state index contributed by atoms with van der Waals surface area (Å²) in [6.07, 6.45) is 0. The Balaban J connectivity index is 2.34. The first-order valence-electron chi connectivity index (χ1n) is 6.16. The highest BCUT2D eigenvalue weighted by Crippen LogP contribution is 2.50. The molecule has 0 saturated carbocycles. The fourth-order valence-electron chi connectivity index (χ4n) is 2.18. The lowest BCUT2D eigenvalue weighted by Crippen LogP contribution is -2.13. The van der Waals surface area contributed by atoms with Crippen molar-refractivity contribution in [2.45, 2.75) is 0 Å². The molecule has 0 atom stereocenters. The van der Waals surface area contributed by atoms with Gasteiger partial charge in [-0.1, -0.05) is 0 Å². The summed E-state index contributed by atoms with van der Waals surface area (Å²) >= 11 is 0. The quantitative estimate of drug-likeness (QED) is 0.228. The van der Waals surface area contributed by atoms with Gasteiger partial charge in [0.1, 0.15) is 11.3 Å². The monoisotopic (exact) mass is 302 g/mol. The van der Waals surface area contributed by atoms with E-state index in [1.807, 2.05) is 0 Å². The molecule has 0 aromatic heterocycles. The number of hydrogen-bond donors (Lipinski definition) is 6. The molecule has 0 bridgehead atoms. The van der Waals surface area contributed by atoms with Crippen LogP contribution in [0.3, 0.4) is 0 Å². The van der Waals surface area contributed by atoms with Crippen LogP contribution < -0.4 is 43.9 Å². The molecule has 1 heterocycles. The summed E-state index contributed by atoms with van der Waals surface area (Å²) in [5.41, 5.74) is 35.3. The van der Waals surface area contributed by atoms with Gasteiger partial charge in [-0.2, -0.15) is 0 Å². The van der Waals surface area contributed by atoms with Gasteiger partial charge in [0, 0.05) is 0 Å². The molecule has 0 spiro atoms. The summed E-state index contributed by atoms with van der Waals surface area (Å²) in [4.78, 5) is 12.3. The van der Waals surface area contributed by atoms with Crippen LogP contribution in [0.2, 0.25) is 0 Å². The molecule has 12 N–H and O–H groups in total. The number of carbonyl (C=O) groups excluding carboxylic acids is 1. The van der Waals surface area contributed by atoms with Gasteiger partial charge in [-0.05, 0) is 12.1 Å². The molecule has 9 nitrogen and oxygen atoms in total. The van der Waals surface area contributed by atoms with Crippen molar-refractivity contribution in [1.29, 1.82) is 0 Å². The maximum atomic E-state index is 12.3. The van der Waals surface area contributed by atoms with Gasteiger partial charge in [-0.3, -0.25) is 0 Å². The molecule has 1 aliphatic rings. The molecule has 22 heavy (non-hydrogen) atoms. The number of esters is 1. The second-order valence-corrected chi connectivity index (χ2v) is 4.79. The number of rotatable bonds is 0. The third-order valence-electron chi connectivity index (χ3n) is 3.32. The van der Waals surface area contributed by atoms with Crippen LogP contribution in [-0.2, 0) is 0 Å². The minimum absolute atomic E-state index is 0.0236. The Morgan fingerprint density at radius 2 is 1.18 bits per heavy atom. The Morgan fingerprint density at radius 1 is 0.636 bits per heavy atom. The van der Waals surface area contributed by atoms with Gasteiger partial charge in [-0.15, -0.1) is 0 Å². The van der Waals surface area contributed by atoms with E-state index in [4.69, 9.17) is 43.9 Å². The van der Waals surface area contributed by atoms with Gasteiger partial charge < -0.3 is 43.9 Å². The molecule has 3 rings (SSSR count). The van der Waals surface area contributed by atoms with E-state index in [1.165, 1.54) is 12.1 Å². The molecule has 114 valence electrons. The maximum absolute atomic E-state index is 12.3. The lowest BCUT2D eigenvalue weighted by molar-refractivity contribution is 0.0740. The summed E-state index contributed by atoms with van der Waals surface area (Å²) in [7, 11) is 0. The largest absolute Gasteiger partial charge is 0.448 e. The number of carbonyl (C=O) groups is 1. The summed E-state index contributed by atoms with van der Waals surface area (Å²) < 4.78 is 10.9. The van der Waals surface area contributed by atoms with Crippen molar-refractivity contribution in [3.05, 3.63) is 17.7 Å². The maximum Gasteiger partial charge on any atom is 0.349 e. The topological polar surface area (TPSA) is 192 Å². The van der Waals surface area contributed by atoms with Crippen LogP contribution in [0, 0.1) is 0 Å². The summed E-state index contributed by atoms with van der Waals surface area (Å²) in [6.45, 7) is 0. The first kappa shape index (κ1) is 13.5. The van der Waals surface area contributed by atoms with Crippen LogP contribution in [0.5, 0.6) is 17.2 Å². The zero-order valence-corrected chi connectivity index (χ0v) is 11.3. The fraction of sp³-hybridized carbons (Fsp3) is 0. The van der Waals surface area contributed by atoms with Crippen LogP contribution in [0.25, 0.3) is 0 Å². The average Bonchev–Trinajstić information content (AvgIpc) is 2.60. The van der Waals surface area contributed by atoms with Crippen molar-refractivity contribution in [1.82, 2.24) is 0 Å². The number of benzene rings is 2. The SMILES string of the molecule is Nc1cc(N)c2c(c1N)OC(=O)c1c(N)cc(N)c(N)c1O2. The van der Waals surface area contributed by atoms with Crippen molar-refractivity contribution < 1.29 is 14.3 Å². The molecule has 0 amide bonds. The molecule has 0 fully saturated rings. The minimum Gasteiger partial charge on any atom is -0.448 e. The Bertz CT molecular complexity index is 834. The van der Waals surface area contributed by atoms with E-state index in [0.717, 1.165) is 0 Å². The van der Waals surface area contributed by atoms with Crippen LogP contribution in [0.1, 0.15) is 10.4 Å². The highest BCUT2D eigenvalue weighted by molar-refractivity contribution is 6.05. The van der Waals surface area contributed by atoms with Gasteiger partial charge in [0.15, 0.2) is 11.5 Å². The number of hydrogen-bond acceptors (Lipinski definition) is 9. The summed E-state index contributed by atoms with van der Waals surface area (Å²) in [5, 5.41) is 0. The van der Waals surface area contributed by atoms with Crippen molar-refractivity contribution in [3.63, 3.8) is 0 Å². The van der Waals surface area contributed by atoms with E-state index in [0.29, 0.717) is 0 Å². The smallest absolute Gasteiger partial charge is 0.349 e. The summed E-state index contributed by atoms with van der Waals surface area (Å²) in [5.74, 6) is -0.890. The van der Waals surface area contributed by atoms with Gasteiger partial charge in [-0.25, -0.2) is 4.79 Å². The molecule has 0 radical (unpaired) electrons. The molecule has 9 heteroatoms. The predicted molar refractivity (Wildman–Crippen MR) is 84.4 cm³/mol. The Hall–Kier alpha value is -3.49. The number of ether oxygens (including phenoxy) is 2. The standard InChI is InChI=1S/C13H14N6O3/c14-3-1-4(15)8(18)11-7(3)13(20)22-12-9(19)5(16)2-6(17)10(12)21-11/h1-2H,14-19H2. The van der Waals surface area contributed by atoms with Gasteiger partial charge >= 0.3 is 5.97 Å². The van der Waals surface area contributed by atoms with Crippen LogP contribution in [-0.4, -0.2) is 5.97 Å². The highest BCUT2D eigenvalue weighted by atomic mass is 16.6. The normalized spacial score (nSPS) is 12.6. The van der Waals surface area contributed by atoms with E-state index in [1.54, 1.807) is 0 Å². The number of nitrogens with two attached hydrogens (primary N) is 6. The van der Waals surface area contributed by atoms with E-state index in [9.17, 15) is 4.79 Å². The molecular weight excluding hydrogens is 288 g/mol. The van der Waals surface area contributed by atoms with Crippen LogP contribution in [0.15, 0.2) is 12.1 Å². The van der Waals surface area contributed by atoms with Gasteiger partial charge in [0.2, 0.25) is 5.75 Å². The lowest BCUT2D eigenvalue weighted by atomic mass is 10.1. The van der Waals surface area contributed by atoms with Gasteiger partial charge in [0.25, 0.3) is 0 Å². The number of nitrogen functional groups attached to an aromatic ring is 6. The minimum atomic E-state index is -0.797. The highest BCUT2D eigenvalue weighted by Gasteiger charge is 2.31. The molecule has 1 aliphatic heterocycles. The predicted octanol–water partition coefficient (Wildman–Crippen LogP) is 0.505. The average molecular weight is 302 g/mol. The number of fused-ring (bicyclic) bond motifs is 2. The third-order valence-corrected chi connectivity index (χ3v) is 3.32. The van der Waals surface area contributed by atoms with Crippen molar-refractivity contribution in [2.24, 2.45) is 0 Å². The number of anilines is 6. The Labute approximate surface area is 124 Å². The zero-order chi connectivity index (χ0) is 16.2. The van der Waals surface area contributed by atoms with E-state index < -0.39 is 5.97 Å². The van der Waals surface area contributed by atoms with Crippen molar-refractivity contribution >= 4 is 40.1 Å². The molecule has 0 aliphatic carbocycles. The van der Waals surface area contributed by atoms with Crippen molar-refractivity contribution in [3.8, 4) is 17.2 Å². The van der Waals surface area contributed by atoms with E-state index in [2.05, 4.69) is 0 Å². The van der Waals surface area contributed by atoms with Gasteiger partial charge in [0.05, 0.1) is 28.4 Å². The van der Waals surface area contributed by atoms with E-state index in [-0.39, 0.29) is 56.9 Å². The molecule has 2 aromatic rings. The van der Waals surface area contributed by atoms with Crippen molar-refractivity contribution in [2.75, 3.05) is 34.4 Å². The van der Waals surface area contributed by atoms with E-state index >= 15 is 0 Å². The first-order chi connectivity index (χ1) is 10.3. The second kappa shape index (κ2) is 4.25. The third kappa shape index (κ3) is 1.69. The molecular formula is C13H14N6O3. The fourth-order valence-corrected chi connectivity index (χ4v) is 2.18. The lowest BCUT2D eigenvalue weighted by Gasteiger charge is -2.14. The molecule has 0 unspecified atom stereocenters. The summed E-state index contributed by atoms with van der Waals surface area (Å²) in [6, 6.07) is 2.73. The van der Waals surface area contributed by atoms with Crippen LogP contribution in [0.4, 0.5) is 34.1 Å². The zero-order valence-electron chi connectivity index (χ0n) is 11.3.